The largest absolute Gasteiger partial charge is 0.455 e. The van der Waals surface area contributed by atoms with Gasteiger partial charge in [-0.3, -0.25) is 4.79 Å². The van der Waals surface area contributed by atoms with Gasteiger partial charge in [0.15, 0.2) is 5.75 Å². The third kappa shape index (κ3) is 4.13. The molecule has 0 aliphatic carbocycles. The number of benzene rings is 4. The van der Waals surface area contributed by atoms with Crippen molar-refractivity contribution in [2.75, 3.05) is 17.2 Å². The van der Waals surface area contributed by atoms with Gasteiger partial charge in [-0.1, -0.05) is 66.7 Å². The summed E-state index contributed by atoms with van der Waals surface area (Å²) >= 11 is 0. The van der Waals surface area contributed by atoms with E-state index >= 15 is 0 Å². The quantitative estimate of drug-likeness (QED) is 0.460. The number of nitrogens with one attached hydrogen (secondary N) is 2. The molecule has 0 fully saturated rings. The van der Waals surface area contributed by atoms with E-state index in [0.29, 0.717) is 5.75 Å². The van der Waals surface area contributed by atoms with Crippen molar-refractivity contribution in [1.82, 2.24) is 0 Å². The van der Waals surface area contributed by atoms with Crippen molar-refractivity contribution < 1.29 is 9.53 Å². The predicted octanol–water partition coefficient (Wildman–Crippen LogP) is 5.68. The number of amides is 1. The first-order chi connectivity index (χ1) is 13.8. The van der Waals surface area contributed by atoms with E-state index in [9.17, 15) is 4.79 Å². The third-order valence-corrected chi connectivity index (χ3v) is 4.36. The van der Waals surface area contributed by atoms with E-state index in [1.807, 2.05) is 97.1 Å². The van der Waals surface area contributed by atoms with Gasteiger partial charge in [0.2, 0.25) is 5.91 Å². The van der Waals surface area contributed by atoms with Crippen LogP contribution in [0.25, 0.3) is 10.8 Å². The van der Waals surface area contributed by atoms with Gasteiger partial charge in [-0.25, -0.2) is 0 Å². The van der Waals surface area contributed by atoms with Gasteiger partial charge >= 0.3 is 0 Å². The molecule has 0 saturated carbocycles. The molecule has 138 valence electrons. The van der Waals surface area contributed by atoms with Gasteiger partial charge < -0.3 is 15.4 Å². The topological polar surface area (TPSA) is 50.4 Å². The van der Waals surface area contributed by atoms with Gasteiger partial charge in [-0.2, -0.15) is 0 Å². The molecule has 0 aliphatic heterocycles. The van der Waals surface area contributed by atoms with Crippen LogP contribution in [-0.2, 0) is 4.79 Å². The first kappa shape index (κ1) is 17.6. The Morgan fingerprint density at radius 3 is 2.29 bits per heavy atom. The standard InChI is InChI=1S/C24H20N2O2/c27-24(26-21-15-8-10-18-9-4-5-13-20(18)21)17-25-22-14-6-7-16-23(22)28-19-11-2-1-3-12-19/h1-16,25H,17H2,(H,26,27). The van der Waals surface area contributed by atoms with Crippen LogP contribution in [0.2, 0.25) is 0 Å². The van der Waals surface area contributed by atoms with E-state index in [-0.39, 0.29) is 12.5 Å². The highest BCUT2D eigenvalue weighted by atomic mass is 16.5. The van der Waals surface area contributed by atoms with E-state index in [4.69, 9.17) is 4.74 Å². The molecular formula is C24H20N2O2. The number of fused-ring (bicyclic) bond motifs is 1. The lowest BCUT2D eigenvalue weighted by atomic mass is 10.1. The fraction of sp³-hybridized carbons (Fsp3) is 0.0417. The molecule has 4 nitrogen and oxygen atoms in total. The summed E-state index contributed by atoms with van der Waals surface area (Å²) < 4.78 is 5.92. The highest BCUT2D eigenvalue weighted by molar-refractivity contribution is 6.03. The van der Waals surface area contributed by atoms with Crippen molar-refractivity contribution in [3.05, 3.63) is 97.1 Å². The SMILES string of the molecule is O=C(CNc1ccccc1Oc1ccccc1)Nc1cccc2ccccc12. The highest BCUT2D eigenvalue weighted by Crippen LogP contribution is 2.29. The maximum Gasteiger partial charge on any atom is 0.243 e. The molecule has 2 N–H and O–H groups in total. The summed E-state index contributed by atoms with van der Waals surface area (Å²) in [5.74, 6) is 1.30. The average Bonchev–Trinajstić information content (AvgIpc) is 2.74. The Kier molecular flexibility index (Phi) is 5.20. The van der Waals surface area contributed by atoms with E-state index in [1.54, 1.807) is 0 Å². The minimum Gasteiger partial charge on any atom is -0.455 e. The van der Waals surface area contributed by atoms with E-state index in [2.05, 4.69) is 10.6 Å². The number of hydrogen-bond donors (Lipinski definition) is 2. The summed E-state index contributed by atoms with van der Waals surface area (Å²) in [7, 11) is 0. The van der Waals surface area contributed by atoms with Gasteiger partial charge in [0.25, 0.3) is 0 Å². The van der Waals surface area contributed by atoms with E-state index in [1.165, 1.54) is 0 Å². The monoisotopic (exact) mass is 368 g/mol. The zero-order chi connectivity index (χ0) is 19.2. The minimum atomic E-state index is -0.120. The molecule has 0 aromatic heterocycles. The Morgan fingerprint density at radius 1 is 0.714 bits per heavy atom. The zero-order valence-corrected chi connectivity index (χ0v) is 15.3. The van der Waals surface area contributed by atoms with Crippen molar-refractivity contribution in [3.8, 4) is 11.5 Å². The summed E-state index contributed by atoms with van der Waals surface area (Å²) in [6.07, 6.45) is 0. The molecule has 0 spiro atoms. The number of hydrogen-bond acceptors (Lipinski definition) is 3. The number of ether oxygens (including phenoxy) is 1. The summed E-state index contributed by atoms with van der Waals surface area (Å²) in [6.45, 7) is 0.137. The number of carbonyl (C=O) groups excluding carboxylic acids is 1. The lowest BCUT2D eigenvalue weighted by molar-refractivity contribution is -0.114. The fourth-order valence-electron chi connectivity index (χ4n) is 3.02. The van der Waals surface area contributed by atoms with Gasteiger partial charge in [-0.15, -0.1) is 0 Å². The molecule has 4 rings (SSSR count). The molecule has 0 unspecified atom stereocenters. The number of carbonyl (C=O) groups is 1. The lowest BCUT2D eigenvalue weighted by Gasteiger charge is -2.13. The molecule has 4 aromatic carbocycles. The molecule has 28 heavy (non-hydrogen) atoms. The Labute approximate surface area is 163 Å². The molecule has 4 aromatic rings. The van der Waals surface area contributed by atoms with Gasteiger partial charge in [0.05, 0.1) is 12.2 Å². The van der Waals surface area contributed by atoms with E-state index < -0.39 is 0 Å². The Morgan fingerprint density at radius 2 is 1.39 bits per heavy atom. The molecule has 0 bridgehead atoms. The molecular weight excluding hydrogens is 348 g/mol. The number of para-hydroxylation sites is 3. The second-order valence-electron chi connectivity index (χ2n) is 6.34. The molecule has 0 saturated heterocycles. The predicted molar refractivity (Wildman–Crippen MR) is 114 cm³/mol. The van der Waals surface area contributed by atoms with Crippen molar-refractivity contribution >= 4 is 28.1 Å². The maximum atomic E-state index is 12.5. The Balaban J connectivity index is 1.44. The molecule has 0 aliphatic rings. The third-order valence-electron chi connectivity index (χ3n) is 4.36. The molecule has 4 heteroatoms. The summed E-state index contributed by atoms with van der Waals surface area (Å²) in [5.41, 5.74) is 1.57. The second kappa shape index (κ2) is 8.27. The van der Waals surface area contributed by atoms with Gasteiger partial charge in [0.1, 0.15) is 5.75 Å². The molecule has 0 radical (unpaired) electrons. The van der Waals surface area contributed by atoms with Crippen molar-refractivity contribution in [1.29, 1.82) is 0 Å². The van der Waals surface area contributed by atoms with Crippen LogP contribution < -0.4 is 15.4 Å². The number of rotatable bonds is 6. The summed E-state index contributed by atoms with van der Waals surface area (Å²) in [5, 5.41) is 8.26. The second-order valence-corrected chi connectivity index (χ2v) is 6.34. The molecule has 0 atom stereocenters. The molecule has 1 amide bonds. The van der Waals surface area contributed by atoms with Crippen molar-refractivity contribution in [2.24, 2.45) is 0 Å². The van der Waals surface area contributed by atoms with Crippen LogP contribution in [0.1, 0.15) is 0 Å². The van der Waals surface area contributed by atoms with Gasteiger partial charge in [0, 0.05) is 11.1 Å². The van der Waals surface area contributed by atoms with Crippen LogP contribution in [0.5, 0.6) is 11.5 Å². The van der Waals surface area contributed by atoms with Crippen LogP contribution in [0.4, 0.5) is 11.4 Å². The first-order valence-corrected chi connectivity index (χ1v) is 9.13. The Hall–Kier alpha value is -3.79. The van der Waals surface area contributed by atoms with E-state index in [0.717, 1.165) is 27.9 Å². The average molecular weight is 368 g/mol. The minimum absolute atomic E-state index is 0.120. The summed E-state index contributed by atoms with van der Waals surface area (Å²) in [4.78, 5) is 12.5. The normalized spacial score (nSPS) is 10.4. The smallest absolute Gasteiger partial charge is 0.243 e. The van der Waals surface area contributed by atoms with Crippen LogP contribution in [0.3, 0.4) is 0 Å². The summed E-state index contributed by atoms with van der Waals surface area (Å²) in [6, 6.07) is 31.0. The lowest BCUT2D eigenvalue weighted by Crippen LogP contribution is -2.22. The highest BCUT2D eigenvalue weighted by Gasteiger charge is 2.08. The van der Waals surface area contributed by atoms with Crippen LogP contribution in [0, 0.1) is 0 Å². The van der Waals surface area contributed by atoms with Crippen LogP contribution >= 0.6 is 0 Å². The Bertz CT molecular complexity index is 1090. The fourth-order valence-corrected chi connectivity index (χ4v) is 3.02. The van der Waals surface area contributed by atoms with Gasteiger partial charge in [-0.05, 0) is 35.7 Å². The molecule has 0 heterocycles. The van der Waals surface area contributed by atoms with Crippen molar-refractivity contribution in [3.63, 3.8) is 0 Å². The zero-order valence-electron chi connectivity index (χ0n) is 15.3. The number of anilines is 2. The van der Waals surface area contributed by atoms with Crippen LogP contribution in [-0.4, -0.2) is 12.5 Å². The van der Waals surface area contributed by atoms with Crippen LogP contribution in [0.15, 0.2) is 97.1 Å². The first-order valence-electron chi connectivity index (χ1n) is 9.13. The maximum absolute atomic E-state index is 12.5. The van der Waals surface area contributed by atoms with Crippen molar-refractivity contribution in [2.45, 2.75) is 0 Å².